The molecule has 0 saturated carbocycles. The molecule has 1 heterocycles. The zero-order chi connectivity index (χ0) is 8.27. The maximum absolute atomic E-state index is 11.2. The Balaban J connectivity index is 2.37. The molecule has 1 fully saturated rings. The summed E-state index contributed by atoms with van der Waals surface area (Å²) in [6.07, 6.45) is 1.43. The van der Waals surface area contributed by atoms with E-state index in [1.54, 1.807) is 0 Å². The summed E-state index contributed by atoms with van der Waals surface area (Å²) in [5.41, 5.74) is 0. The van der Waals surface area contributed by atoms with Gasteiger partial charge in [-0.15, -0.1) is 0 Å². The molecule has 0 spiro atoms. The van der Waals surface area contributed by atoms with Gasteiger partial charge >= 0.3 is 0 Å². The average molecular weight is 173 g/mol. The second kappa shape index (κ2) is 3.76. The standard InChI is InChI=1S/C7H11NO2S/c1-2-3-6(9)5-4-11-7(10)8-5/h5H,2-4H2,1H3,(H,8,10). The lowest BCUT2D eigenvalue weighted by Gasteiger charge is -2.05. The number of hydrogen-bond donors (Lipinski definition) is 1. The van der Waals surface area contributed by atoms with Crippen LogP contribution in [0.15, 0.2) is 0 Å². The van der Waals surface area contributed by atoms with Crippen LogP contribution < -0.4 is 5.32 Å². The predicted octanol–water partition coefficient (Wildman–Crippen LogP) is 1.18. The fraction of sp³-hybridized carbons (Fsp3) is 0.714. The van der Waals surface area contributed by atoms with Gasteiger partial charge in [-0.25, -0.2) is 0 Å². The van der Waals surface area contributed by atoms with Crippen LogP contribution in [0.5, 0.6) is 0 Å². The van der Waals surface area contributed by atoms with Crippen molar-refractivity contribution in [2.45, 2.75) is 25.8 Å². The number of amides is 1. The fourth-order valence-electron chi connectivity index (χ4n) is 0.979. The molecular weight excluding hydrogens is 162 g/mol. The molecule has 62 valence electrons. The molecule has 0 aliphatic carbocycles. The van der Waals surface area contributed by atoms with Crippen LogP contribution in [0.2, 0.25) is 0 Å². The van der Waals surface area contributed by atoms with Crippen LogP contribution in [0.1, 0.15) is 19.8 Å². The van der Waals surface area contributed by atoms with Crippen LogP contribution in [0, 0.1) is 0 Å². The van der Waals surface area contributed by atoms with Crippen LogP contribution in [-0.2, 0) is 4.79 Å². The molecule has 1 aliphatic rings. The van der Waals surface area contributed by atoms with Crippen molar-refractivity contribution < 1.29 is 9.59 Å². The molecule has 0 aromatic heterocycles. The molecule has 1 aliphatic heterocycles. The van der Waals surface area contributed by atoms with Crippen molar-refractivity contribution in [1.82, 2.24) is 5.32 Å². The van der Waals surface area contributed by atoms with E-state index in [0.29, 0.717) is 12.2 Å². The third-order valence-electron chi connectivity index (χ3n) is 1.56. The first-order valence-electron chi connectivity index (χ1n) is 3.70. The molecule has 1 saturated heterocycles. The van der Waals surface area contributed by atoms with Crippen LogP contribution >= 0.6 is 11.8 Å². The van der Waals surface area contributed by atoms with Crippen molar-refractivity contribution in [3.05, 3.63) is 0 Å². The van der Waals surface area contributed by atoms with Crippen LogP contribution in [0.4, 0.5) is 4.79 Å². The van der Waals surface area contributed by atoms with Crippen molar-refractivity contribution in [2.24, 2.45) is 0 Å². The van der Waals surface area contributed by atoms with Gasteiger partial charge in [0, 0.05) is 12.2 Å². The number of carbonyl (C=O) groups is 2. The lowest BCUT2D eigenvalue weighted by molar-refractivity contribution is -0.120. The summed E-state index contributed by atoms with van der Waals surface area (Å²) in [6.45, 7) is 1.96. The van der Waals surface area contributed by atoms with E-state index in [4.69, 9.17) is 0 Å². The maximum atomic E-state index is 11.2. The highest BCUT2D eigenvalue weighted by Gasteiger charge is 2.26. The van der Waals surface area contributed by atoms with Gasteiger partial charge in [0.15, 0.2) is 5.78 Å². The van der Waals surface area contributed by atoms with E-state index in [0.717, 1.165) is 6.42 Å². The summed E-state index contributed by atoms with van der Waals surface area (Å²) in [4.78, 5) is 21.8. The van der Waals surface area contributed by atoms with Gasteiger partial charge in [-0.3, -0.25) is 9.59 Å². The summed E-state index contributed by atoms with van der Waals surface area (Å²) < 4.78 is 0. The van der Waals surface area contributed by atoms with Crippen molar-refractivity contribution in [1.29, 1.82) is 0 Å². The van der Waals surface area contributed by atoms with Crippen LogP contribution in [0.25, 0.3) is 0 Å². The summed E-state index contributed by atoms with van der Waals surface area (Å²) >= 11 is 1.19. The predicted molar refractivity (Wildman–Crippen MR) is 44.7 cm³/mol. The molecular formula is C7H11NO2S. The minimum absolute atomic E-state index is 0.0700. The van der Waals surface area contributed by atoms with Crippen molar-refractivity contribution in [3.63, 3.8) is 0 Å². The van der Waals surface area contributed by atoms with Gasteiger partial charge in [0.2, 0.25) is 0 Å². The quantitative estimate of drug-likeness (QED) is 0.697. The van der Waals surface area contributed by atoms with Crippen molar-refractivity contribution in [2.75, 3.05) is 5.75 Å². The van der Waals surface area contributed by atoms with Gasteiger partial charge in [0.25, 0.3) is 5.24 Å². The first-order chi connectivity index (χ1) is 5.24. The molecule has 1 atom stereocenters. The molecule has 0 bridgehead atoms. The molecule has 0 aromatic carbocycles. The molecule has 1 amide bonds. The Labute approximate surface area is 69.9 Å². The second-order valence-corrected chi connectivity index (χ2v) is 3.50. The Bertz CT molecular complexity index is 181. The van der Waals surface area contributed by atoms with E-state index in [1.807, 2.05) is 6.92 Å². The van der Waals surface area contributed by atoms with E-state index in [-0.39, 0.29) is 17.1 Å². The number of ketones is 1. The first-order valence-corrected chi connectivity index (χ1v) is 4.68. The molecule has 4 heteroatoms. The number of thioether (sulfide) groups is 1. The zero-order valence-electron chi connectivity index (χ0n) is 6.42. The third-order valence-corrected chi connectivity index (χ3v) is 2.44. The summed E-state index contributed by atoms with van der Waals surface area (Å²) in [7, 11) is 0. The van der Waals surface area contributed by atoms with Crippen molar-refractivity contribution in [3.8, 4) is 0 Å². The van der Waals surface area contributed by atoms with Gasteiger partial charge in [-0.2, -0.15) is 0 Å². The first kappa shape index (κ1) is 8.59. The number of hydrogen-bond acceptors (Lipinski definition) is 3. The van der Waals surface area contributed by atoms with E-state index >= 15 is 0 Å². The number of carbonyl (C=O) groups excluding carboxylic acids is 2. The topological polar surface area (TPSA) is 46.2 Å². The molecule has 0 radical (unpaired) electrons. The summed E-state index contributed by atoms with van der Waals surface area (Å²) in [5.74, 6) is 0.767. The summed E-state index contributed by atoms with van der Waals surface area (Å²) in [6, 6.07) is -0.215. The fourth-order valence-corrected chi connectivity index (χ4v) is 1.79. The SMILES string of the molecule is CCCC(=O)C1CSC(=O)N1. The zero-order valence-corrected chi connectivity index (χ0v) is 7.24. The van der Waals surface area contributed by atoms with Crippen LogP contribution in [-0.4, -0.2) is 22.8 Å². The van der Waals surface area contributed by atoms with E-state index < -0.39 is 0 Å². The lowest BCUT2D eigenvalue weighted by Crippen LogP contribution is -2.34. The van der Waals surface area contributed by atoms with Crippen molar-refractivity contribution >= 4 is 22.8 Å². The number of Topliss-reactive ketones (excluding diaryl/α,β-unsaturated/α-hetero) is 1. The Kier molecular flexibility index (Phi) is 2.93. The smallest absolute Gasteiger partial charge is 0.279 e. The van der Waals surface area contributed by atoms with E-state index in [1.165, 1.54) is 11.8 Å². The molecule has 1 rings (SSSR count). The van der Waals surface area contributed by atoms with Gasteiger partial charge in [-0.1, -0.05) is 18.7 Å². The Morgan fingerprint density at radius 1 is 1.82 bits per heavy atom. The highest BCUT2D eigenvalue weighted by molar-refractivity contribution is 8.14. The third kappa shape index (κ3) is 2.22. The number of rotatable bonds is 3. The average Bonchev–Trinajstić information content (AvgIpc) is 2.36. The van der Waals surface area contributed by atoms with Gasteiger partial charge in [0.1, 0.15) is 0 Å². The lowest BCUT2D eigenvalue weighted by atomic mass is 10.1. The largest absolute Gasteiger partial charge is 0.336 e. The molecule has 1 N–H and O–H groups in total. The molecule has 0 aromatic rings. The van der Waals surface area contributed by atoms with E-state index in [9.17, 15) is 9.59 Å². The Hall–Kier alpha value is -0.510. The van der Waals surface area contributed by atoms with Gasteiger partial charge in [-0.05, 0) is 6.42 Å². The second-order valence-electron chi connectivity index (χ2n) is 2.51. The monoisotopic (exact) mass is 173 g/mol. The molecule has 3 nitrogen and oxygen atoms in total. The minimum Gasteiger partial charge on any atom is -0.336 e. The molecule has 1 unspecified atom stereocenters. The molecule has 11 heavy (non-hydrogen) atoms. The maximum Gasteiger partial charge on any atom is 0.279 e. The van der Waals surface area contributed by atoms with Gasteiger partial charge < -0.3 is 5.32 Å². The Morgan fingerprint density at radius 2 is 2.55 bits per heavy atom. The van der Waals surface area contributed by atoms with E-state index in [2.05, 4.69) is 5.32 Å². The highest BCUT2D eigenvalue weighted by Crippen LogP contribution is 2.14. The summed E-state index contributed by atoms with van der Waals surface area (Å²) in [5, 5.41) is 2.54. The van der Waals surface area contributed by atoms with Crippen LogP contribution in [0.3, 0.4) is 0 Å². The van der Waals surface area contributed by atoms with Gasteiger partial charge in [0.05, 0.1) is 6.04 Å². The normalized spacial score (nSPS) is 23.4. The number of nitrogens with one attached hydrogen (secondary N) is 1. The minimum atomic E-state index is -0.215. The highest BCUT2D eigenvalue weighted by atomic mass is 32.2. The Morgan fingerprint density at radius 3 is 3.00 bits per heavy atom.